The molecule has 0 fully saturated rings. The van der Waals surface area contributed by atoms with E-state index >= 15 is 0 Å². The van der Waals surface area contributed by atoms with Gasteiger partial charge in [0.05, 0.1) is 11.3 Å². The highest BCUT2D eigenvalue weighted by molar-refractivity contribution is 5.87. The van der Waals surface area contributed by atoms with Crippen LogP contribution in [0.4, 0.5) is 23.2 Å². The van der Waals surface area contributed by atoms with Gasteiger partial charge in [0.2, 0.25) is 0 Å². The first-order chi connectivity index (χ1) is 7.84. The molecule has 0 spiro atoms. The lowest BCUT2D eigenvalue weighted by molar-refractivity contribution is -0.0592. The van der Waals surface area contributed by atoms with Gasteiger partial charge in [-0.25, -0.2) is 4.39 Å². The minimum atomic E-state index is -4.52. The van der Waals surface area contributed by atoms with Crippen molar-refractivity contribution in [2.75, 3.05) is 5.43 Å². The summed E-state index contributed by atoms with van der Waals surface area (Å²) < 4.78 is 49.1. The summed E-state index contributed by atoms with van der Waals surface area (Å²) in [6.45, 7) is 0.793. The molecular weight excluding hydrogens is 238 g/mol. The maximum Gasteiger partial charge on any atom is 0.430 e. The molecule has 1 N–H and O–H groups in total. The van der Waals surface area contributed by atoms with Gasteiger partial charge >= 0.3 is 6.18 Å². The number of benzene rings is 1. The molecule has 1 rings (SSSR count). The Balaban J connectivity index is 2.88. The Morgan fingerprint density at radius 3 is 2.59 bits per heavy atom. The number of hydrogen-bond acceptors (Lipinski definition) is 3. The van der Waals surface area contributed by atoms with E-state index in [0.717, 1.165) is 19.1 Å². The number of alkyl halides is 3. The van der Waals surface area contributed by atoms with Crippen molar-refractivity contribution in [2.45, 2.75) is 13.1 Å². The van der Waals surface area contributed by atoms with Gasteiger partial charge in [-0.15, -0.1) is 0 Å². The van der Waals surface area contributed by atoms with E-state index in [1.54, 1.807) is 6.07 Å². The summed E-state index contributed by atoms with van der Waals surface area (Å²) in [7, 11) is 0. The summed E-state index contributed by atoms with van der Waals surface area (Å²) in [5, 5.41) is 11.6. The van der Waals surface area contributed by atoms with Crippen LogP contribution < -0.4 is 5.43 Å². The summed E-state index contributed by atoms with van der Waals surface area (Å²) in [4.78, 5) is 0. The van der Waals surface area contributed by atoms with Gasteiger partial charge in [-0.05, 0) is 25.1 Å². The maximum atomic E-state index is 12.9. The lowest BCUT2D eigenvalue weighted by Crippen LogP contribution is -2.20. The summed E-state index contributed by atoms with van der Waals surface area (Å²) in [6.07, 6.45) is -4.52. The first-order valence-electron chi connectivity index (χ1n) is 4.41. The van der Waals surface area contributed by atoms with Crippen LogP contribution in [0.3, 0.4) is 0 Å². The molecule has 0 atom stereocenters. The van der Waals surface area contributed by atoms with Crippen molar-refractivity contribution in [1.29, 1.82) is 5.26 Å². The highest BCUT2D eigenvalue weighted by Crippen LogP contribution is 2.18. The van der Waals surface area contributed by atoms with E-state index in [2.05, 4.69) is 10.5 Å². The zero-order valence-electron chi connectivity index (χ0n) is 8.64. The van der Waals surface area contributed by atoms with Gasteiger partial charge in [-0.2, -0.15) is 23.5 Å². The van der Waals surface area contributed by atoms with Gasteiger partial charge < -0.3 is 0 Å². The number of anilines is 1. The molecular formula is C10H7F4N3. The fourth-order valence-corrected chi connectivity index (χ4v) is 0.892. The molecule has 0 unspecified atom stereocenters. The van der Waals surface area contributed by atoms with E-state index in [4.69, 9.17) is 5.26 Å². The average molecular weight is 245 g/mol. The molecule has 0 saturated heterocycles. The molecule has 0 bridgehead atoms. The van der Waals surface area contributed by atoms with Crippen LogP contribution in [0.25, 0.3) is 0 Å². The minimum Gasteiger partial charge on any atom is -0.278 e. The predicted octanol–water partition coefficient (Wildman–Crippen LogP) is 3.05. The second-order valence-electron chi connectivity index (χ2n) is 3.11. The van der Waals surface area contributed by atoms with E-state index < -0.39 is 17.7 Å². The topological polar surface area (TPSA) is 48.2 Å². The van der Waals surface area contributed by atoms with Crippen LogP contribution in [0.2, 0.25) is 0 Å². The molecule has 1 aromatic carbocycles. The molecule has 0 aromatic heterocycles. The number of hydrogen-bond donors (Lipinski definition) is 1. The quantitative estimate of drug-likeness (QED) is 0.494. The van der Waals surface area contributed by atoms with Gasteiger partial charge in [0.1, 0.15) is 17.6 Å². The molecule has 3 nitrogen and oxygen atoms in total. The Morgan fingerprint density at radius 2 is 2.06 bits per heavy atom. The third-order valence-electron chi connectivity index (χ3n) is 1.85. The first kappa shape index (κ1) is 13.0. The lowest BCUT2D eigenvalue weighted by Gasteiger charge is -2.06. The molecule has 90 valence electrons. The smallest absolute Gasteiger partial charge is 0.278 e. The summed E-state index contributed by atoms with van der Waals surface area (Å²) in [5.41, 5.74) is 0.869. The third kappa shape index (κ3) is 3.45. The lowest BCUT2D eigenvalue weighted by atomic mass is 10.2. The molecule has 7 heteroatoms. The molecule has 0 aliphatic heterocycles. The Labute approximate surface area is 94.4 Å². The number of rotatable bonds is 2. The molecule has 0 radical (unpaired) electrons. The van der Waals surface area contributed by atoms with Crippen molar-refractivity contribution >= 4 is 11.4 Å². The normalized spacial score (nSPS) is 12.1. The number of halogens is 4. The van der Waals surface area contributed by atoms with Crippen LogP contribution in [0.5, 0.6) is 0 Å². The monoisotopic (exact) mass is 245 g/mol. The standard InChI is InChI=1S/C10H7F4N3/c1-6(10(12,13)14)16-17-8-2-3-9(11)7(4-8)5-15/h2-4,17H,1H3/b16-6+. The van der Waals surface area contributed by atoms with Crippen LogP contribution >= 0.6 is 0 Å². The van der Waals surface area contributed by atoms with Crippen molar-refractivity contribution in [3.05, 3.63) is 29.6 Å². The average Bonchev–Trinajstić information content (AvgIpc) is 2.26. The fraction of sp³-hybridized carbons (Fsp3) is 0.200. The molecule has 0 heterocycles. The van der Waals surface area contributed by atoms with Crippen molar-refractivity contribution in [3.8, 4) is 6.07 Å². The van der Waals surface area contributed by atoms with Crippen molar-refractivity contribution in [1.82, 2.24) is 0 Å². The summed E-state index contributed by atoms with van der Waals surface area (Å²) >= 11 is 0. The number of nitrogens with zero attached hydrogens (tertiary/aromatic N) is 2. The van der Waals surface area contributed by atoms with Crippen LogP contribution in [0.15, 0.2) is 23.3 Å². The summed E-state index contributed by atoms with van der Waals surface area (Å²) in [6, 6.07) is 4.80. The van der Waals surface area contributed by atoms with Crippen molar-refractivity contribution in [3.63, 3.8) is 0 Å². The molecule has 17 heavy (non-hydrogen) atoms. The highest BCUT2D eigenvalue weighted by Gasteiger charge is 2.32. The number of nitriles is 1. The minimum absolute atomic E-state index is 0.103. The van der Waals surface area contributed by atoms with Gasteiger partial charge in [0.15, 0.2) is 0 Å². The van der Waals surface area contributed by atoms with Crippen molar-refractivity contribution < 1.29 is 17.6 Å². The van der Waals surface area contributed by atoms with E-state index in [-0.39, 0.29) is 11.3 Å². The van der Waals surface area contributed by atoms with Crippen LogP contribution in [-0.4, -0.2) is 11.9 Å². The molecule has 0 aliphatic rings. The molecule has 0 saturated carbocycles. The Hall–Kier alpha value is -2.10. The number of nitrogens with one attached hydrogen (secondary N) is 1. The van der Waals surface area contributed by atoms with Crippen LogP contribution in [-0.2, 0) is 0 Å². The van der Waals surface area contributed by atoms with E-state index in [9.17, 15) is 17.6 Å². The highest BCUT2D eigenvalue weighted by atomic mass is 19.4. The number of hydrazone groups is 1. The Bertz CT molecular complexity index is 485. The van der Waals surface area contributed by atoms with Gasteiger partial charge in [0.25, 0.3) is 0 Å². The van der Waals surface area contributed by atoms with E-state index in [1.807, 2.05) is 0 Å². The fourth-order valence-electron chi connectivity index (χ4n) is 0.892. The van der Waals surface area contributed by atoms with Crippen LogP contribution in [0.1, 0.15) is 12.5 Å². The second-order valence-corrected chi connectivity index (χ2v) is 3.11. The van der Waals surface area contributed by atoms with E-state index in [0.29, 0.717) is 0 Å². The van der Waals surface area contributed by atoms with Gasteiger partial charge in [0, 0.05) is 0 Å². The first-order valence-corrected chi connectivity index (χ1v) is 4.41. The zero-order valence-corrected chi connectivity index (χ0v) is 8.64. The zero-order chi connectivity index (χ0) is 13.1. The van der Waals surface area contributed by atoms with E-state index in [1.165, 1.54) is 6.07 Å². The Kier molecular flexibility index (Phi) is 3.68. The SMILES string of the molecule is C/C(=N\Nc1ccc(F)c(C#N)c1)C(F)(F)F. The van der Waals surface area contributed by atoms with Crippen LogP contribution in [0, 0.1) is 17.1 Å². The molecule has 0 amide bonds. The predicted molar refractivity (Wildman–Crippen MR) is 53.9 cm³/mol. The van der Waals surface area contributed by atoms with Gasteiger partial charge in [-0.3, -0.25) is 5.43 Å². The largest absolute Gasteiger partial charge is 0.430 e. The van der Waals surface area contributed by atoms with Crippen molar-refractivity contribution in [2.24, 2.45) is 5.10 Å². The Morgan fingerprint density at radius 1 is 1.41 bits per heavy atom. The maximum absolute atomic E-state index is 12.9. The molecule has 0 aliphatic carbocycles. The molecule has 1 aromatic rings. The summed E-state index contributed by atoms with van der Waals surface area (Å²) in [5.74, 6) is -0.741. The van der Waals surface area contributed by atoms with Gasteiger partial charge in [-0.1, -0.05) is 0 Å². The third-order valence-corrected chi connectivity index (χ3v) is 1.85. The second kappa shape index (κ2) is 4.82.